The summed E-state index contributed by atoms with van der Waals surface area (Å²) in [6.45, 7) is 1.24. The SMILES string of the molecule is COc1ccc(CCNC(N)=NCc2ccnc(OC3CCCC3)c2)cc1.I. The van der Waals surface area contributed by atoms with Gasteiger partial charge in [0.2, 0.25) is 5.88 Å². The van der Waals surface area contributed by atoms with Crippen LogP contribution < -0.4 is 20.5 Å². The highest BCUT2D eigenvalue weighted by Gasteiger charge is 2.16. The Morgan fingerprint density at radius 1 is 1.18 bits per heavy atom. The molecule has 1 aliphatic rings. The Hall–Kier alpha value is -2.03. The number of nitrogens with one attached hydrogen (secondary N) is 1. The van der Waals surface area contributed by atoms with E-state index in [0.717, 1.165) is 37.1 Å². The molecule has 152 valence electrons. The molecule has 0 aliphatic heterocycles. The molecular formula is C21H29IN4O2. The number of methoxy groups -OCH3 is 1. The van der Waals surface area contributed by atoms with Crippen molar-refractivity contribution >= 4 is 29.9 Å². The van der Waals surface area contributed by atoms with Crippen LogP contribution in [0, 0.1) is 0 Å². The van der Waals surface area contributed by atoms with Gasteiger partial charge in [0, 0.05) is 18.8 Å². The molecule has 7 heteroatoms. The van der Waals surface area contributed by atoms with Crippen molar-refractivity contribution in [2.75, 3.05) is 13.7 Å². The zero-order chi connectivity index (χ0) is 18.9. The number of hydrogen-bond acceptors (Lipinski definition) is 4. The van der Waals surface area contributed by atoms with E-state index in [4.69, 9.17) is 15.2 Å². The van der Waals surface area contributed by atoms with Crippen molar-refractivity contribution in [3.05, 3.63) is 53.7 Å². The highest BCUT2D eigenvalue weighted by molar-refractivity contribution is 14.0. The molecule has 0 bridgehead atoms. The Morgan fingerprint density at radius 2 is 1.93 bits per heavy atom. The van der Waals surface area contributed by atoms with E-state index in [1.54, 1.807) is 13.3 Å². The molecule has 1 saturated carbocycles. The standard InChI is InChI=1S/C21H28N4O2.HI/c1-26-18-8-6-16(7-9-18)10-13-24-21(22)25-15-17-11-12-23-20(14-17)27-19-4-2-3-5-19;/h6-9,11-12,14,19H,2-5,10,13,15H2,1H3,(H3,22,24,25);1H. The molecule has 3 rings (SSSR count). The van der Waals surface area contributed by atoms with Crippen molar-refractivity contribution in [2.24, 2.45) is 10.7 Å². The molecule has 1 aromatic heterocycles. The van der Waals surface area contributed by atoms with Crippen LogP contribution in [0.2, 0.25) is 0 Å². The van der Waals surface area contributed by atoms with Crippen LogP contribution in [-0.2, 0) is 13.0 Å². The highest BCUT2D eigenvalue weighted by atomic mass is 127. The second kappa shape index (κ2) is 11.7. The summed E-state index contributed by atoms with van der Waals surface area (Å²) in [5.41, 5.74) is 8.23. The molecular weight excluding hydrogens is 467 g/mol. The molecule has 0 amide bonds. The first-order valence-corrected chi connectivity index (χ1v) is 9.51. The van der Waals surface area contributed by atoms with Gasteiger partial charge in [-0.2, -0.15) is 0 Å². The first kappa shape index (κ1) is 22.3. The number of nitrogens with zero attached hydrogens (tertiary/aromatic N) is 2. The number of hydrogen-bond donors (Lipinski definition) is 2. The second-order valence-electron chi connectivity index (χ2n) is 6.75. The molecule has 0 saturated heterocycles. The third-order valence-corrected chi connectivity index (χ3v) is 4.70. The second-order valence-corrected chi connectivity index (χ2v) is 6.75. The fourth-order valence-electron chi connectivity index (χ4n) is 3.15. The first-order chi connectivity index (χ1) is 13.2. The Morgan fingerprint density at radius 3 is 2.64 bits per heavy atom. The van der Waals surface area contributed by atoms with E-state index in [1.165, 1.54) is 18.4 Å². The lowest BCUT2D eigenvalue weighted by Crippen LogP contribution is -2.33. The van der Waals surface area contributed by atoms with E-state index < -0.39 is 0 Å². The maximum atomic E-state index is 5.97. The molecule has 1 heterocycles. The predicted molar refractivity (Wildman–Crippen MR) is 123 cm³/mol. The van der Waals surface area contributed by atoms with Crippen molar-refractivity contribution < 1.29 is 9.47 Å². The van der Waals surface area contributed by atoms with Gasteiger partial charge in [-0.25, -0.2) is 9.98 Å². The number of guanidine groups is 1. The molecule has 1 fully saturated rings. The van der Waals surface area contributed by atoms with E-state index in [1.807, 2.05) is 24.3 Å². The number of halogens is 1. The summed E-state index contributed by atoms with van der Waals surface area (Å²) in [7, 11) is 1.67. The zero-order valence-electron chi connectivity index (χ0n) is 16.3. The van der Waals surface area contributed by atoms with Crippen LogP contribution in [0.15, 0.2) is 47.6 Å². The maximum Gasteiger partial charge on any atom is 0.213 e. The van der Waals surface area contributed by atoms with Gasteiger partial charge in [0.05, 0.1) is 13.7 Å². The minimum absolute atomic E-state index is 0. The van der Waals surface area contributed by atoms with Crippen LogP contribution in [0.4, 0.5) is 0 Å². The van der Waals surface area contributed by atoms with Crippen molar-refractivity contribution in [1.29, 1.82) is 0 Å². The monoisotopic (exact) mass is 496 g/mol. The summed E-state index contributed by atoms with van der Waals surface area (Å²) < 4.78 is 11.1. The predicted octanol–water partition coefficient (Wildman–Crippen LogP) is 3.68. The number of ether oxygens (including phenoxy) is 2. The average Bonchev–Trinajstić information content (AvgIpc) is 3.20. The summed E-state index contributed by atoms with van der Waals surface area (Å²) in [6, 6.07) is 11.9. The quantitative estimate of drug-likeness (QED) is 0.331. The van der Waals surface area contributed by atoms with Crippen LogP contribution in [0.5, 0.6) is 11.6 Å². The van der Waals surface area contributed by atoms with Crippen LogP contribution >= 0.6 is 24.0 Å². The summed E-state index contributed by atoms with van der Waals surface area (Å²) in [4.78, 5) is 8.70. The van der Waals surface area contributed by atoms with E-state index in [0.29, 0.717) is 24.5 Å². The number of pyridine rings is 1. The number of aromatic nitrogens is 1. The van der Waals surface area contributed by atoms with Crippen LogP contribution in [-0.4, -0.2) is 30.7 Å². The fourth-order valence-corrected chi connectivity index (χ4v) is 3.15. The molecule has 1 aromatic carbocycles. The number of nitrogens with two attached hydrogens (primary N) is 1. The van der Waals surface area contributed by atoms with Gasteiger partial charge in [0.25, 0.3) is 0 Å². The van der Waals surface area contributed by atoms with Crippen LogP contribution in [0.3, 0.4) is 0 Å². The summed E-state index contributed by atoms with van der Waals surface area (Å²) >= 11 is 0. The van der Waals surface area contributed by atoms with Crippen LogP contribution in [0.25, 0.3) is 0 Å². The number of aliphatic imine (C=N–C) groups is 1. The van der Waals surface area contributed by atoms with Crippen molar-refractivity contribution in [1.82, 2.24) is 10.3 Å². The van der Waals surface area contributed by atoms with Gasteiger partial charge in [0.1, 0.15) is 11.9 Å². The Kier molecular flexibility index (Phi) is 9.33. The average molecular weight is 496 g/mol. The van der Waals surface area contributed by atoms with E-state index in [9.17, 15) is 0 Å². The molecule has 6 nitrogen and oxygen atoms in total. The third-order valence-electron chi connectivity index (χ3n) is 4.70. The minimum atomic E-state index is 0. The molecule has 0 spiro atoms. The molecule has 1 aliphatic carbocycles. The number of rotatable bonds is 8. The van der Waals surface area contributed by atoms with Gasteiger partial charge in [-0.05, 0) is 61.4 Å². The lowest BCUT2D eigenvalue weighted by molar-refractivity contribution is 0.201. The first-order valence-electron chi connectivity index (χ1n) is 9.51. The largest absolute Gasteiger partial charge is 0.497 e. The molecule has 28 heavy (non-hydrogen) atoms. The van der Waals surface area contributed by atoms with Gasteiger partial charge in [-0.3, -0.25) is 0 Å². The van der Waals surface area contributed by atoms with Crippen molar-refractivity contribution in [3.63, 3.8) is 0 Å². The van der Waals surface area contributed by atoms with Crippen LogP contribution in [0.1, 0.15) is 36.8 Å². The van der Waals surface area contributed by atoms with Gasteiger partial charge < -0.3 is 20.5 Å². The molecule has 0 unspecified atom stereocenters. The van der Waals surface area contributed by atoms with Gasteiger partial charge in [0.15, 0.2) is 5.96 Å². The zero-order valence-corrected chi connectivity index (χ0v) is 18.6. The fraction of sp³-hybridized carbons (Fsp3) is 0.429. The van der Waals surface area contributed by atoms with E-state index in [-0.39, 0.29) is 24.0 Å². The normalized spacial score (nSPS) is 14.4. The topological polar surface area (TPSA) is 81.8 Å². The molecule has 3 N–H and O–H groups in total. The minimum Gasteiger partial charge on any atom is -0.497 e. The summed E-state index contributed by atoms with van der Waals surface area (Å²) in [6.07, 6.45) is 7.67. The number of benzene rings is 1. The maximum absolute atomic E-state index is 5.97. The Bertz CT molecular complexity index is 746. The Balaban J connectivity index is 0.00000280. The Labute approximate surface area is 184 Å². The molecule has 0 atom stereocenters. The molecule has 0 radical (unpaired) electrons. The smallest absolute Gasteiger partial charge is 0.213 e. The van der Waals surface area contributed by atoms with Gasteiger partial charge >= 0.3 is 0 Å². The highest BCUT2D eigenvalue weighted by Crippen LogP contribution is 2.23. The lowest BCUT2D eigenvalue weighted by Gasteiger charge is -2.12. The summed E-state index contributed by atoms with van der Waals surface area (Å²) in [5, 5.41) is 3.15. The van der Waals surface area contributed by atoms with Crippen molar-refractivity contribution in [2.45, 2.75) is 44.8 Å². The van der Waals surface area contributed by atoms with E-state index >= 15 is 0 Å². The van der Waals surface area contributed by atoms with Gasteiger partial charge in [-0.15, -0.1) is 24.0 Å². The van der Waals surface area contributed by atoms with E-state index in [2.05, 4.69) is 27.4 Å². The summed E-state index contributed by atoms with van der Waals surface area (Å²) in [5.74, 6) is 1.99. The molecule has 2 aromatic rings. The lowest BCUT2D eigenvalue weighted by atomic mass is 10.1. The van der Waals surface area contributed by atoms with Gasteiger partial charge in [-0.1, -0.05) is 12.1 Å². The van der Waals surface area contributed by atoms with Crippen molar-refractivity contribution in [3.8, 4) is 11.6 Å². The third kappa shape index (κ3) is 7.18.